The molecule has 1 fully saturated rings. The average Bonchev–Trinajstić information content (AvgIpc) is 2.68. The van der Waals surface area contributed by atoms with Gasteiger partial charge in [0.15, 0.2) is 0 Å². The van der Waals surface area contributed by atoms with Crippen molar-refractivity contribution in [2.75, 3.05) is 13.7 Å². The van der Waals surface area contributed by atoms with E-state index in [4.69, 9.17) is 10.00 Å². The predicted molar refractivity (Wildman–Crippen MR) is 51.4 cm³/mol. The van der Waals surface area contributed by atoms with Crippen molar-refractivity contribution in [3.8, 4) is 6.07 Å². The van der Waals surface area contributed by atoms with Crippen LogP contribution in [0.4, 0.5) is 0 Å². The van der Waals surface area contributed by atoms with Gasteiger partial charge in [-0.1, -0.05) is 0 Å². The number of carbonyl (C=O) groups is 1. The Morgan fingerprint density at radius 1 is 1.79 bits per heavy atom. The Balaban J connectivity index is 2.47. The molecule has 1 aliphatic heterocycles. The first kappa shape index (κ1) is 11.0. The standard InChI is InChI=1S/C10H16N2O2/c1-8(5-6-11)12(2)10(13)9-4-3-7-14-9/h8-9H,3-5,7H2,1-2H3. The van der Waals surface area contributed by atoms with Crippen LogP contribution in [0.5, 0.6) is 0 Å². The summed E-state index contributed by atoms with van der Waals surface area (Å²) in [6, 6.07) is 2.03. The molecule has 0 N–H and O–H groups in total. The van der Waals surface area contributed by atoms with Gasteiger partial charge in [-0.2, -0.15) is 5.26 Å². The topological polar surface area (TPSA) is 53.3 Å². The van der Waals surface area contributed by atoms with Gasteiger partial charge in [0.05, 0.1) is 12.5 Å². The first-order chi connectivity index (χ1) is 6.66. The van der Waals surface area contributed by atoms with Gasteiger partial charge in [0.1, 0.15) is 6.10 Å². The SMILES string of the molecule is CC(CC#N)N(C)C(=O)C1CCCO1. The number of hydrogen-bond donors (Lipinski definition) is 0. The molecule has 0 bridgehead atoms. The Hall–Kier alpha value is -1.08. The smallest absolute Gasteiger partial charge is 0.251 e. The van der Waals surface area contributed by atoms with Gasteiger partial charge < -0.3 is 9.64 Å². The molecule has 1 heterocycles. The molecule has 4 heteroatoms. The van der Waals surface area contributed by atoms with E-state index >= 15 is 0 Å². The van der Waals surface area contributed by atoms with Crippen molar-refractivity contribution in [3.63, 3.8) is 0 Å². The summed E-state index contributed by atoms with van der Waals surface area (Å²) in [4.78, 5) is 13.4. The molecule has 0 aliphatic carbocycles. The molecule has 0 spiro atoms. The van der Waals surface area contributed by atoms with Crippen LogP contribution in [-0.2, 0) is 9.53 Å². The molecule has 0 aromatic rings. The Labute approximate surface area is 84.4 Å². The number of rotatable bonds is 3. The summed E-state index contributed by atoms with van der Waals surface area (Å²) < 4.78 is 5.29. The van der Waals surface area contributed by atoms with Gasteiger partial charge in [-0.25, -0.2) is 0 Å². The largest absolute Gasteiger partial charge is 0.368 e. The number of carbonyl (C=O) groups excluding carboxylic acids is 1. The van der Waals surface area contributed by atoms with E-state index < -0.39 is 0 Å². The highest BCUT2D eigenvalue weighted by Crippen LogP contribution is 2.15. The number of likely N-dealkylation sites (N-methyl/N-ethyl adjacent to an activating group) is 1. The lowest BCUT2D eigenvalue weighted by Gasteiger charge is -2.25. The van der Waals surface area contributed by atoms with Crippen molar-refractivity contribution in [1.29, 1.82) is 5.26 Å². The molecule has 0 radical (unpaired) electrons. The van der Waals surface area contributed by atoms with Gasteiger partial charge in [0.2, 0.25) is 0 Å². The van der Waals surface area contributed by atoms with E-state index in [1.54, 1.807) is 11.9 Å². The van der Waals surface area contributed by atoms with Crippen molar-refractivity contribution in [3.05, 3.63) is 0 Å². The molecular formula is C10H16N2O2. The maximum atomic E-state index is 11.8. The lowest BCUT2D eigenvalue weighted by molar-refractivity contribution is -0.141. The molecule has 0 aromatic heterocycles. The Morgan fingerprint density at radius 3 is 3.00 bits per heavy atom. The fourth-order valence-electron chi connectivity index (χ4n) is 1.49. The van der Waals surface area contributed by atoms with Crippen molar-refractivity contribution in [2.45, 2.75) is 38.3 Å². The van der Waals surface area contributed by atoms with Gasteiger partial charge in [0, 0.05) is 19.7 Å². The summed E-state index contributed by atoms with van der Waals surface area (Å²) >= 11 is 0. The van der Waals surface area contributed by atoms with Crippen LogP contribution in [0.25, 0.3) is 0 Å². The zero-order valence-corrected chi connectivity index (χ0v) is 8.69. The molecule has 1 aliphatic rings. The van der Waals surface area contributed by atoms with Crippen LogP contribution in [0, 0.1) is 11.3 Å². The Bertz CT molecular complexity index is 241. The second-order valence-electron chi connectivity index (χ2n) is 3.66. The Kier molecular flexibility index (Phi) is 3.90. The molecule has 78 valence electrons. The van der Waals surface area contributed by atoms with Crippen LogP contribution < -0.4 is 0 Å². The lowest BCUT2D eigenvalue weighted by atomic mass is 10.1. The molecule has 1 amide bonds. The fraction of sp³-hybridized carbons (Fsp3) is 0.800. The van der Waals surface area contributed by atoms with Gasteiger partial charge in [0.25, 0.3) is 5.91 Å². The number of nitrogens with zero attached hydrogens (tertiary/aromatic N) is 2. The number of nitriles is 1. The minimum Gasteiger partial charge on any atom is -0.368 e. The molecule has 0 saturated carbocycles. The monoisotopic (exact) mass is 196 g/mol. The maximum Gasteiger partial charge on any atom is 0.251 e. The van der Waals surface area contributed by atoms with Crippen LogP contribution >= 0.6 is 0 Å². The van der Waals surface area contributed by atoms with E-state index in [-0.39, 0.29) is 18.1 Å². The summed E-state index contributed by atoms with van der Waals surface area (Å²) in [5, 5.41) is 8.51. The summed E-state index contributed by atoms with van der Waals surface area (Å²) in [6.45, 7) is 2.55. The molecule has 14 heavy (non-hydrogen) atoms. The molecule has 2 atom stereocenters. The average molecular weight is 196 g/mol. The quantitative estimate of drug-likeness (QED) is 0.674. The number of hydrogen-bond acceptors (Lipinski definition) is 3. The second-order valence-corrected chi connectivity index (χ2v) is 3.66. The third kappa shape index (κ3) is 2.46. The summed E-state index contributed by atoms with van der Waals surface area (Å²) in [6.07, 6.45) is 1.86. The number of ether oxygens (including phenoxy) is 1. The number of amides is 1. The molecular weight excluding hydrogens is 180 g/mol. The zero-order valence-electron chi connectivity index (χ0n) is 8.69. The predicted octanol–water partition coefficient (Wildman–Crippen LogP) is 0.926. The third-order valence-corrected chi connectivity index (χ3v) is 2.60. The van der Waals surface area contributed by atoms with E-state index in [0.717, 1.165) is 12.8 Å². The normalized spacial score (nSPS) is 22.8. The van der Waals surface area contributed by atoms with E-state index in [9.17, 15) is 4.79 Å². The van der Waals surface area contributed by atoms with E-state index in [1.165, 1.54) is 0 Å². The van der Waals surface area contributed by atoms with Crippen molar-refractivity contribution >= 4 is 5.91 Å². The van der Waals surface area contributed by atoms with Crippen molar-refractivity contribution in [1.82, 2.24) is 4.90 Å². The highest BCUT2D eigenvalue weighted by atomic mass is 16.5. The van der Waals surface area contributed by atoms with Crippen LogP contribution in [0.2, 0.25) is 0 Å². The zero-order chi connectivity index (χ0) is 10.6. The molecule has 0 aromatic carbocycles. The second kappa shape index (κ2) is 4.97. The van der Waals surface area contributed by atoms with Gasteiger partial charge in [-0.05, 0) is 19.8 Å². The van der Waals surface area contributed by atoms with Crippen LogP contribution in [-0.4, -0.2) is 36.6 Å². The van der Waals surface area contributed by atoms with E-state index in [2.05, 4.69) is 6.07 Å². The first-order valence-electron chi connectivity index (χ1n) is 4.92. The van der Waals surface area contributed by atoms with Gasteiger partial charge >= 0.3 is 0 Å². The third-order valence-electron chi connectivity index (χ3n) is 2.60. The molecule has 1 saturated heterocycles. The highest BCUT2D eigenvalue weighted by Gasteiger charge is 2.28. The Morgan fingerprint density at radius 2 is 2.50 bits per heavy atom. The molecule has 1 rings (SSSR count). The summed E-state index contributed by atoms with van der Waals surface area (Å²) in [5.41, 5.74) is 0. The lowest BCUT2D eigenvalue weighted by Crippen LogP contribution is -2.41. The van der Waals surface area contributed by atoms with Gasteiger partial charge in [-0.15, -0.1) is 0 Å². The summed E-state index contributed by atoms with van der Waals surface area (Å²) in [5.74, 6) is 0.00486. The van der Waals surface area contributed by atoms with Crippen LogP contribution in [0.3, 0.4) is 0 Å². The minimum atomic E-state index is -0.277. The highest BCUT2D eigenvalue weighted by molar-refractivity contribution is 5.81. The molecule has 2 unspecified atom stereocenters. The van der Waals surface area contributed by atoms with Crippen LogP contribution in [0.1, 0.15) is 26.2 Å². The minimum absolute atomic E-state index is 0.00486. The van der Waals surface area contributed by atoms with Crippen molar-refractivity contribution < 1.29 is 9.53 Å². The summed E-state index contributed by atoms with van der Waals surface area (Å²) in [7, 11) is 1.73. The van der Waals surface area contributed by atoms with Gasteiger partial charge in [-0.3, -0.25) is 4.79 Å². The van der Waals surface area contributed by atoms with Crippen LogP contribution in [0.15, 0.2) is 0 Å². The first-order valence-corrected chi connectivity index (χ1v) is 4.92. The molecule has 4 nitrogen and oxygen atoms in total. The van der Waals surface area contributed by atoms with Crippen molar-refractivity contribution in [2.24, 2.45) is 0 Å². The maximum absolute atomic E-state index is 11.8. The van der Waals surface area contributed by atoms with E-state index in [0.29, 0.717) is 13.0 Å². The fourth-order valence-corrected chi connectivity index (χ4v) is 1.49. The van der Waals surface area contributed by atoms with E-state index in [1.807, 2.05) is 6.92 Å².